The van der Waals surface area contributed by atoms with Crippen molar-refractivity contribution in [3.63, 3.8) is 0 Å². The molecule has 4 nitrogen and oxygen atoms in total. The predicted molar refractivity (Wildman–Crippen MR) is 130 cm³/mol. The first-order chi connectivity index (χ1) is 15.5. The molecule has 1 aliphatic heterocycles. The van der Waals surface area contributed by atoms with E-state index in [1.54, 1.807) is 6.92 Å². The largest absolute Gasteiger partial charge is 0.392 e. The van der Waals surface area contributed by atoms with Gasteiger partial charge in [0.1, 0.15) is 0 Å². The van der Waals surface area contributed by atoms with Gasteiger partial charge >= 0.3 is 0 Å². The number of aliphatic hydroxyl groups is 1. The van der Waals surface area contributed by atoms with Crippen LogP contribution >= 0.6 is 0 Å². The maximum atomic E-state index is 12.7. The van der Waals surface area contributed by atoms with Crippen molar-refractivity contribution >= 4 is 17.3 Å². The average Bonchev–Trinajstić information content (AvgIpc) is 3.64. The Morgan fingerprint density at radius 1 is 0.938 bits per heavy atom. The van der Waals surface area contributed by atoms with Gasteiger partial charge < -0.3 is 14.9 Å². The first-order valence-electron chi connectivity index (χ1n) is 11.5. The number of aryl methyl sites for hydroxylation is 1. The van der Waals surface area contributed by atoms with E-state index < -0.39 is 0 Å². The Morgan fingerprint density at radius 2 is 1.62 bits per heavy atom. The minimum Gasteiger partial charge on any atom is -0.392 e. The molecule has 1 fully saturated rings. The Kier molecular flexibility index (Phi) is 5.48. The summed E-state index contributed by atoms with van der Waals surface area (Å²) < 4.78 is 0. The van der Waals surface area contributed by atoms with E-state index in [2.05, 4.69) is 60.4 Å². The fourth-order valence-electron chi connectivity index (χ4n) is 4.96. The molecule has 1 aliphatic carbocycles. The van der Waals surface area contributed by atoms with Gasteiger partial charge in [-0.3, -0.25) is 4.79 Å². The second-order valence-electron chi connectivity index (χ2n) is 9.17. The summed E-state index contributed by atoms with van der Waals surface area (Å²) in [7, 11) is 0. The van der Waals surface area contributed by atoms with Gasteiger partial charge in [0.15, 0.2) is 0 Å². The fourth-order valence-corrected chi connectivity index (χ4v) is 4.96. The van der Waals surface area contributed by atoms with Crippen LogP contribution in [0.5, 0.6) is 0 Å². The molecule has 164 valence electrons. The summed E-state index contributed by atoms with van der Waals surface area (Å²) in [6.07, 6.45) is 2.37. The third kappa shape index (κ3) is 3.91. The monoisotopic (exact) mass is 426 g/mol. The van der Waals surface area contributed by atoms with E-state index in [9.17, 15) is 9.90 Å². The maximum Gasteiger partial charge on any atom is 0.224 e. The van der Waals surface area contributed by atoms with Crippen molar-refractivity contribution in [3.05, 3.63) is 83.4 Å². The van der Waals surface area contributed by atoms with Gasteiger partial charge in [-0.2, -0.15) is 0 Å². The van der Waals surface area contributed by atoms with Gasteiger partial charge in [0.05, 0.1) is 24.0 Å². The molecule has 5 rings (SSSR count). The van der Waals surface area contributed by atoms with Crippen LogP contribution < -0.4 is 9.80 Å². The Labute approximate surface area is 190 Å². The molecule has 4 heteroatoms. The highest BCUT2D eigenvalue weighted by Crippen LogP contribution is 2.45. The molecule has 3 aromatic carbocycles. The number of fused-ring (bicyclic) bond motifs is 1. The molecule has 0 saturated heterocycles. The Hall–Kier alpha value is -3.11. The average molecular weight is 427 g/mol. The van der Waals surface area contributed by atoms with Crippen LogP contribution in [0.4, 0.5) is 11.4 Å². The molecule has 0 aromatic heterocycles. The zero-order valence-corrected chi connectivity index (χ0v) is 18.8. The van der Waals surface area contributed by atoms with Crippen LogP contribution in [-0.2, 0) is 17.9 Å². The van der Waals surface area contributed by atoms with Crippen molar-refractivity contribution in [1.29, 1.82) is 0 Å². The minimum absolute atomic E-state index is 0.0336. The number of benzene rings is 3. The molecule has 0 radical (unpaired) electrons. The van der Waals surface area contributed by atoms with Crippen molar-refractivity contribution in [2.45, 2.75) is 45.9 Å². The number of anilines is 2. The number of hydrogen-bond acceptors (Lipinski definition) is 3. The number of nitrogens with zero attached hydrogens (tertiary/aromatic N) is 2. The van der Waals surface area contributed by atoms with Crippen LogP contribution in [0.2, 0.25) is 0 Å². The van der Waals surface area contributed by atoms with E-state index in [0.717, 1.165) is 41.2 Å². The van der Waals surface area contributed by atoms with Crippen LogP contribution in [0.15, 0.2) is 66.7 Å². The minimum atomic E-state index is 0.0336. The summed E-state index contributed by atoms with van der Waals surface area (Å²) in [5.74, 6) is 0.682. The predicted octanol–water partition coefficient (Wildman–Crippen LogP) is 5.31. The van der Waals surface area contributed by atoms with Gasteiger partial charge in [-0.05, 0) is 60.1 Å². The van der Waals surface area contributed by atoms with Gasteiger partial charge in [-0.25, -0.2) is 0 Å². The second kappa shape index (κ2) is 8.44. The van der Waals surface area contributed by atoms with E-state index >= 15 is 0 Å². The first kappa shape index (κ1) is 20.8. The van der Waals surface area contributed by atoms with E-state index in [0.29, 0.717) is 5.92 Å². The highest BCUT2D eigenvalue weighted by Gasteiger charge is 2.42. The number of carbonyl (C=O) groups is 1. The summed E-state index contributed by atoms with van der Waals surface area (Å²) in [5.41, 5.74) is 7.74. The molecule has 0 unspecified atom stereocenters. The molecule has 32 heavy (non-hydrogen) atoms. The zero-order valence-electron chi connectivity index (χ0n) is 18.8. The van der Waals surface area contributed by atoms with E-state index in [4.69, 9.17) is 0 Å². The Balaban J connectivity index is 1.60. The van der Waals surface area contributed by atoms with Crippen molar-refractivity contribution in [2.75, 3.05) is 16.3 Å². The number of hydrogen-bond donors (Lipinski definition) is 1. The van der Waals surface area contributed by atoms with Crippen molar-refractivity contribution in [3.8, 4) is 11.1 Å². The number of rotatable bonds is 5. The molecule has 1 amide bonds. The lowest BCUT2D eigenvalue weighted by molar-refractivity contribution is -0.117. The highest BCUT2D eigenvalue weighted by molar-refractivity contribution is 5.98. The van der Waals surface area contributed by atoms with Crippen molar-refractivity contribution < 1.29 is 9.90 Å². The standard InChI is InChI=1S/C28H30N2O2/c1-19-7-9-21(10-8-19)23-13-14-26-27(15-23)29(16-24-5-3-4-6-25(24)18-31)17-28(22-11-12-22)30(26)20(2)32/h3-10,13-15,22,28,31H,11-12,16-18H2,1-2H3/t28-/m1/s1. The third-order valence-corrected chi connectivity index (χ3v) is 6.85. The summed E-state index contributed by atoms with van der Waals surface area (Å²) >= 11 is 0. The molecule has 1 atom stereocenters. The quantitative estimate of drug-likeness (QED) is 0.602. The van der Waals surface area contributed by atoms with Crippen LogP contribution in [0.3, 0.4) is 0 Å². The van der Waals surface area contributed by atoms with E-state index in [-0.39, 0.29) is 18.6 Å². The van der Waals surface area contributed by atoms with Gasteiger partial charge in [0, 0.05) is 20.0 Å². The SMILES string of the molecule is CC(=O)N1c2ccc(-c3ccc(C)cc3)cc2N(Cc2ccccc2CO)C[C@@H]1C1CC1. The molecule has 1 N–H and O–H groups in total. The van der Waals surface area contributed by atoms with Crippen molar-refractivity contribution in [2.24, 2.45) is 5.92 Å². The lowest BCUT2D eigenvalue weighted by Gasteiger charge is -2.44. The van der Waals surface area contributed by atoms with Crippen LogP contribution in [0, 0.1) is 12.8 Å². The normalized spacial score (nSPS) is 17.9. The topological polar surface area (TPSA) is 43.8 Å². The van der Waals surface area contributed by atoms with Crippen LogP contribution in [0.25, 0.3) is 11.1 Å². The molecule has 3 aromatic rings. The van der Waals surface area contributed by atoms with Gasteiger partial charge in [0.25, 0.3) is 0 Å². The Bertz CT molecular complexity index is 1130. The van der Waals surface area contributed by atoms with Crippen LogP contribution in [0.1, 0.15) is 36.5 Å². The number of amides is 1. The molecule has 0 bridgehead atoms. The van der Waals surface area contributed by atoms with Crippen molar-refractivity contribution in [1.82, 2.24) is 0 Å². The number of aliphatic hydroxyl groups excluding tert-OH is 1. The molecule has 0 spiro atoms. The summed E-state index contributed by atoms with van der Waals surface area (Å²) in [6.45, 7) is 5.35. The number of carbonyl (C=O) groups excluding carboxylic acids is 1. The van der Waals surface area contributed by atoms with Gasteiger partial charge in [-0.15, -0.1) is 0 Å². The molecular formula is C28H30N2O2. The zero-order chi connectivity index (χ0) is 22.2. The fraction of sp³-hybridized carbons (Fsp3) is 0.321. The summed E-state index contributed by atoms with van der Waals surface area (Å²) in [4.78, 5) is 17.2. The van der Waals surface area contributed by atoms with Gasteiger partial charge in [0.2, 0.25) is 5.91 Å². The molecular weight excluding hydrogens is 396 g/mol. The smallest absolute Gasteiger partial charge is 0.224 e. The lowest BCUT2D eigenvalue weighted by Crippen LogP contribution is -2.52. The van der Waals surface area contributed by atoms with E-state index in [1.165, 1.54) is 24.0 Å². The summed E-state index contributed by atoms with van der Waals surface area (Å²) in [6, 6.07) is 23.3. The Morgan fingerprint density at radius 3 is 2.28 bits per heavy atom. The van der Waals surface area contributed by atoms with Gasteiger partial charge in [-0.1, -0.05) is 60.2 Å². The van der Waals surface area contributed by atoms with E-state index in [1.807, 2.05) is 23.1 Å². The maximum absolute atomic E-state index is 12.7. The highest BCUT2D eigenvalue weighted by atomic mass is 16.3. The molecule has 1 heterocycles. The second-order valence-corrected chi connectivity index (χ2v) is 9.17. The molecule has 2 aliphatic rings. The summed E-state index contributed by atoms with van der Waals surface area (Å²) in [5, 5.41) is 9.85. The first-order valence-corrected chi connectivity index (χ1v) is 11.5. The lowest BCUT2D eigenvalue weighted by atomic mass is 9.97. The van der Waals surface area contributed by atoms with Crippen LogP contribution in [-0.4, -0.2) is 23.6 Å². The third-order valence-electron chi connectivity index (χ3n) is 6.85. The molecule has 1 saturated carbocycles.